The first-order valence-electron chi connectivity index (χ1n) is 9.01. The smallest absolute Gasteiger partial charge is 0.354 e. The summed E-state index contributed by atoms with van der Waals surface area (Å²) in [7, 11) is 0. The number of ether oxygens (including phenoxy) is 1. The number of carbonyl (C=O) groups is 2. The molecule has 7 N–H and O–H groups in total. The average Bonchev–Trinajstić information content (AvgIpc) is 2.95. The highest BCUT2D eigenvalue weighted by Gasteiger charge is 2.44. The van der Waals surface area contributed by atoms with Crippen LogP contribution >= 0.6 is 12.4 Å². The van der Waals surface area contributed by atoms with Gasteiger partial charge in [0, 0.05) is 0 Å². The Balaban J connectivity index is 0.00000450. The van der Waals surface area contributed by atoms with Crippen LogP contribution < -0.4 is 22.1 Å². The van der Waals surface area contributed by atoms with Crippen molar-refractivity contribution in [3.05, 3.63) is 16.8 Å². The molecule has 1 aliphatic rings. The van der Waals surface area contributed by atoms with E-state index in [1.807, 2.05) is 0 Å². The monoisotopic (exact) mass is 450 g/mol. The number of carbonyl (C=O) groups excluding carboxylic acids is 2. The summed E-state index contributed by atoms with van der Waals surface area (Å²) in [5.74, 6) is -1.60. The largest absolute Gasteiger partial charge is 0.394 e. The van der Waals surface area contributed by atoms with E-state index in [4.69, 9.17) is 15.6 Å². The number of aliphatic hydroxyl groups excluding tert-OH is 3. The van der Waals surface area contributed by atoms with Gasteiger partial charge in [0.15, 0.2) is 6.23 Å². The molecule has 0 aliphatic carbocycles. The minimum absolute atomic E-state index is 0. The van der Waals surface area contributed by atoms with E-state index in [1.165, 1.54) is 6.92 Å². The van der Waals surface area contributed by atoms with Crippen LogP contribution in [0.3, 0.4) is 0 Å². The Kier molecular flexibility index (Phi) is 9.27. The lowest BCUT2D eigenvalue weighted by Gasteiger charge is -2.19. The van der Waals surface area contributed by atoms with Crippen molar-refractivity contribution in [2.75, 3.05) is 11.9 Å². The maximum Gasteiger partial charge on any atom is 0.354 e. The molecule has 1 aliphatic heterocycles. The van der Waals surface area contributed by atoms with Crippen molar-refractivity contribution >= 4 is 30.2 Å². The van der Waals surface area contributed by atoms with Crippen LogP contribution in [0, 0.1) is 5.92 Å². The Morgan fingerprint density at radius 2 is 1.90 bits per heavy atom. The number of anilines is 1. The summed E-state index contributed by atoms with van der Waals surface area (Å²) in [6, 6.07) is -1.74. The van der Waals surface area contributed by atoms with E-state index in [9.17, 15) is 24.6 Å². The second-order valence-electron chi connectivity index (χ2n) is 7.09. The zero-order chi connectivity index (χ0) is 21.9. The number of hydrogen-bond donors (Lipinski definition) is 6. The number of nitrogens with two attached hydrogens (primary N) is 1. The Morgan fingerprint density at radius 1 is 1.27 bits per heavy atom. The first-order chi connectivity index (χ1) is 13.6. The van der Waals surface area contributed by atoms with Gasteiger partial charge in [0.2, 0.25) is 17.8 Å². The van der Waals surface area contributed by atoms with Crippen molar-refractivity contribution in [3.8, 4) is 0 Å². The molecule has 2 rings (SSSR count). The van der Waals surface area contributed by atoms with E-state index in [-0.39, 0.29) is 24.3 Å². The van der Waals surface area contributed by atoms with Crippen molar-refractivity contribution < 1.29 is 29.6 Å². The van der Waals surface area contributed by atoms with Gasteiger partial charge in [-0.1, -0.05) is 13.8 Å². The molecular weight excluding hydrogens is 424 g/mol. The van der Waals surface area contributed by atoms with Gasteiger partial charge in [0.25, 0.3) is 0 Å². The van der Waals surface area contributed by atoms with Crippen LogP contribution in [0.1, 0.15) is 27.0 Å². The van der Waals surface area contributed by atoms with Crippen LogP contribution in [0.25, 0.3) is 0 Å². The first-order valence-corrected chi connectivity index (χ1v) is 9.01. The standard InChI is InChI=1S/C16H26N6O7.ClH/c1-6(2)9(17)13(27)19-7(3)12(26)20-15-18-5-22(16(28)21-15)14-11(25)10(24)8(4-23)29-14;/h5-11,14,23-25H,4,17H2,1-3H3,(H,19,27)(H,20,21,26,28);1H/t7-,8+,9-,10+,11+,14+;/m0./s1. The number of halogens is 1. The van der Waals surface area contributed by atoms with Crippen LogP contribution in [0.15, 0.2) is 11.1 Å². The Hall–Kier alpha value is -2.16. The molecule has 30 heavy (non-hydrogen) atoms. The van der Waals surface area contributed by atoms with Gasteiger partial charge in [-0.3, -0.25) is 19.5 Å². The van der Waals surface area contributed by atoms with E-state index in [0.717, 1.165) is 10.9 Å². The lowest BCUT2D eigenvalue weighted by Crippen LogP contribution is -2.50. The van der Waals surface area contributed by atoms with Gasteiger partial charge in [0.1, 0.15) is 30.7 Å². The van der Waals surface area contributed by atoms with Crippen LogP contribution in [0.2, 0.25) is 0 Å². The van der Waals surface area contributed by atoms with Gasteiger partial charge in [-0.25, -0.2) is 9.78 Å². The van der Waals surface area contributed by atoms with E-state index in [0.29, 0.717) is 0 Å². The predicted octanol–water partition coefficient (Wildman–Crippen LogP) is -2.90. The number of aliphatic hydroxyl groups is 3. The normalized spacial score (nSPS) is 25.3. The minimum Gasteiger partial charge on any atom is -0.394 e. The third kappa shape index (κ3) is 5.71. The molecule has 1 aromatic rings. The summed E-state index contributed by atoms with van der Waals surface area (Å²) in [4.78, 5) is 43.7. The number of aromatic nitrogens is 3. The molecule has 1 aromatic heterocycles. The molecule has 6 atom stereocenters. The van der Waals surface area contributed by atoms with Crippen molar-refractivity contribution in [2.45, 2.75) is 57.4 Å². The Labute approximate surface area is 178 Å². The van der Waals surface area contributed by atoms with Gasteiger partial charge < -0.3 is 31.1 Å². The minimum atomic E-state index is -1.48. The van der Waals surface area contributed by atoms with Gasteiger partial charge in [-0.2, -0.15) is 4.98 Å². The molecule has 0 spiro atoms. The Morgan fingerprint density at radius 3 is 2.40 bits per heavy atom. The average molecular weight is 451 g/mol. The van der Waals surface area contributed by atoms with Crippen LogP contribution in [-0.4, -0.2) is 78.7 Å². The maximum atomic E-state index is 12.2. The molecule has 2 amide bonds. The van der Waals surface area contributed by atoms with Crippen molar-refractivity contribution in [2.24, 2.45) is 11.7 Å². The highest BCUT2D eigenvalue weighted by molar-refractivity contribution is 5.96. The third-order valence-electron chi connectivity index (χ3n) is 4.53. The van der Waals surface area contributed by atoms with Crippen LogP contribution in [0.4, 0.5) is 5.95 Å². The molecule has 0 unspecified atom stereocenters. The van der Waals surface area contributed by atoms with E-state index < -0.39 is 60.7 Å². The highest BCUT2D eigenvalue weighted by atomic mass is 35.5. The van der Waals surface area contributed by atoms with E-state index >= 15 is 0 Å². The predicted molar refractivity (Wildman–Crippen MR) is 106 cm³/mol. The lowest BCUT2D eigenvalue weighted by atomic mass is 10.0. The summed E-state index contributed by atoms with van der Waals surface area (Å²) in [6.45, 7) is 4.42. The fourth-order valence-corrected chi connectivity index (χ4v) is 2.58. The summed E-state index contributed by atoms with van der Waals surface area (Å²) < 4.78 is 6.06. The van der Waals surface area contributed by atoms with Gasteiger partial charge in [0.05, 0.1) is 12.6 Å². The number of nitrogens with one attached hydrogen (secondary N) is 2. The molecule has 1 saturated heterocycles. The molecule has 0 saturated carbocycles. The van der Waals surface area contributed by atoms with E-state index in [2.05, 4.69) is 20.6 Å². The molecule has 170 valence electrons. The third-order valence-corrected chi connectivity index (χ3v) is 4.53. The zero-order valence-corrected chi connectivity index (χ0v) is 17.4. The SMILES string of the molecule is CC(C)[C@H](N)C(=O)N[C@@H](C)C(=O)Nc1ncn([C@@H]2O[C@H](CO)[C@@H](O)[C@H]2O)c(=O)n1.Cl. The number of rotatable bonds is 7. The molecule has 14 heteroatoms. The maximum absolute atomic E-state index is 12.2. The van der Waals surface area contributed by atoms with Crippen molar-refractivity contribution in [1.29, 1.82) is 0 Å². The van der Waals surface area contributed by atoms with Crippen molar-refractivity contribution in [3.63, 3.8) is 0 Å². The summed E-state index contributed by atoms with van der Waals surface area (Å²) in [5, 5.41) is 33.6. The van der Waals surface area contributed by atoms with Gasteiger partial charge in [-0.15, -0.1) is 12.4 Å². The van der Waals surface area contributed by atoms with E-state index in [1.54, 1.807) is 13.8 Å². The number of hydrogen-bond acceptors (Lipinski definition) is 10. The van der Waals surface area contributed by atoms with Crippen molar-refractivity contribution in [1.82, 2.24) is 19.9 Å². The molecule has 2 heterocycles. The van der Waals surface area contributed by atoms with Crippen LogP contribution in [0.5, 0.6) is 0 Å². The second-order valence-corrected chi connectivity index (χ2v) is 7.09. The second kappa shape index (κ2) is 10.7. The summed E-state index contributed by atoms with van der Waals surface area (Å²) in [6.07, 6.45) is -4.26. The van der Waals surface area contributed by atoms with Gasteiger partial charge in [-0.05, 0) is 12.8 Å². The molecule has 13 nitrogen and oxygen atoms in total. The molecular formula is C16H27ClN6O7. The molecule has 0 aromatic carbocycles. The van der Waals surface area contributed by atoms with Crippen LogP contribution in [-0.2, 0) is 14.3 Å². The molecule has 0 radical (unpaired) electrons. The summed E-state index contributed by atoms with van der Waals surface area (Å²) in [5.41, 5.74) is 4.81. The first kappa shape index (κ1) is 25.9. The highest BCUT2D eigenvalue weighted by Crippen LogP contribution is 2.27. The topological polar surface area (TPSA) is 202 Å². The number of amides is 2. The Bertz CT molecular complexity index is 807. The zero-order valence-electron chi connectivity index (χ0n) is 16.6. The van der Waals surface area contributed by atoms with Gasteiger partial charge >= 0.3 is 5.69 Å². The number of nitrogens with zero attached hydrogens (tertiary/aromatic N) is 3. The quantitative estimate of drug-likeness (QED) is 0.250. The fourth-order valence-electron chi connectivity index (χ4n) is 2.58. The lowest BCUT2D eigenvalue weighted by molar-refractivity contribution is -0.127. The fraction of sp³-hybridized carbons (Fsp3) is 0.688. The summed E-state index contributed by atoms with van der Waals surface area (Å²) >= 11 is 0. The molecule has 1 fully saturated rings. The molecule has 0 bridgehead atoms.